The molecule has 0 aliphatic heterocycles. The molecule has 0 saturated carbocycles. The molecular formula is C19H30N6O2. The third kappa shape index (κ3) is 5.42. The fraction of sp³-hybridized carbons (Fsp3) is 0.579. The number of benzene rings is 1. The van der Waals surface area contributed by atoms with Crippen molar-refractivity contribution in [3.05, 3.63) is 23.8 Å². The summed E-state index contributed by atoms with van der Waals surface area (Å²) in [5.74, 6) is 0.211. The molecular weight excluding hydrogens is 344 g/mol. The van der Waals surface area contributed by atoms with Crippen molar-refractivity contribution in [1.82, 2.24) is 20.2 Å². The molecule has 2 aromatic rings. The van der Waals surface area contributed by atoms with Crippen LogP contribution in [0.5, 0.6) is 0 Å². The molecule has 1 heterocycles. The van der Waals surface area contributed by atoms with Crippen LogP contribution in [0.2, 0.25) is 0 Å². The zero-order chi connectivity index (χ0) is 20.1. The van der Waals surface area contributed by atoms with Gasteiger partial charge in [0.05, 0.1) is 17.8 Å². The molecule has 148 valence electrons. The topological polar surface area (TPSA) is 110 Å². The van der Waals surface area contributed by atoms with Crippen molar-refractivity contribution in [2.24, 2.45) is 11.8 Å². The van der Waals surface area contributed by atoms with Crippen LogP contribution < -0.4 is 10.6 Å². The normalized spacial score (nSPS) is 12.6. The highest BCUT2D eigenvalue weighted by Crippen LogP contribution is 2.31. The minimum atomic E-state index is -0.823. The Morgan fingerprint density at radius 2 is 1.81 bits per heavy atom. The summed E-state index contributed by atoms with van der Waals surface area (Å²) in [6.45, 7) is 12.4. The molecule has 0 amide bonds. The summed E-state index contributed by atoms with van der Waals surface area (Å²) in [6.07, 6.45) is 0.0611. The summed E-state index contributed by atoms with van der Waals surface area (Å²) in [5, 5.41) is 20.6. The number of rotatable bonds is 9. The van der Waals surface area contributed by atoms with Crippen LogP contribution in [-0.2, 0) is 4.79 Å². The lowest BCUT2D eigenvalue weighted by Crippen LogP contribution is -2.32. The van der Waals surface area contributed by atoms with Gasteiger partial charge in [-0.15, -0.1) is 0 Å². The first-order chi connectivity index (χ1) is 12.7. The second kappa shape index (κ2) is 8.83. The van der Waals surface area contributed by atoms with E-state index in [1.807, 2.05) is 25.1 Å². The van der Waals surface area contributed by atoms with Crippen LogP contribution in [0.4, 0.5) is 11.6 Å². The molecule has 27 heavy (non-hydrogen) atoms. The maximum absolute atomic E-state index is 11.1. The minimum Gasteiger partial charge on any atom is -0.481 e. The Bertz CT molecular complexity index is 761. The molecule has 2 rings (SSSR count). The van der Waals surface area contributed by atoms with Gasteiger partial charge in [-0.2, -0.15) is 4.68 Å². The lowest BCUT2D eigenvalue weighted by Gasteiger charge is -2.30. The maximum Gasteiger partial charge on any atom is 0.303 e. The van der Waals surface area contributed by atoms with Crippen molar-refractivity contribution < 1.29 is 9.90 Å². The molecule has 3 N–H and O–H groups in total. The Morgan fingerprint density at radius 1 is 1.19 bits per heavy atom. The predicted octanol–water partition coefficient (Wildman–Crippen LogP) is 2.94. The van der Waals surface area contributed by atoms with Gasteiger partial charge < -0.3 is 15.7 Å². The molecule has 0 saturated heterocycles. The van der Waals surface area contributed by atoms with Crippen molar-refractivity contribution in [3.8, 4) is 5.69 Å². The summed E-state index contributed by atoms with van der Waals surface area (Å²) in [4.78, 5) is 13.4. The van der Waals surface area contributed by atoms with Gasteiger partial charge >= 0.3 is 5.97 Å². The van der Waals surface area contributed by atoms with Crippen molar-refractivity contribution in [3.63, 3.8) is 0 Å². The average Bonchev–Trinajstić information content (AvgIpc) is 2.98. The van der Waals surface area contributed by atoms with Crippen molar-refractivity contribution in [1.29, 1.82) is 0 Å². The highest BCUT2D eigenvalue weighted by Gasteiger charge is 2.20. The molecule has 0 spiro atoms. The van der Waals surface area contributed by atoms with Crippen LogP contribution in [0.1, 0.15) is 52.5 Å². The van der Waals surface area contributed by atoms with Gasteiger partial charge in [0.1, 0.15) is 0 Å². The number of carboxylic acid groups (broad SMARTS) is 1. The first kappa shape index (κ1) is 20.7. The predicted molar refractivity (Wildman–Crippen MR) is 106 cm³/mol. The number of carbonyl (C=O) groups is 1. The first-order valence-corrected chi connectivity index (χ1v) is 9.34. The zero-order valence-electron chi connectivity index (χ0n) is 16.8. The Labute approximate surface area is 160 Å². The number of hydrogen-bond acceptors (Lipinski definition) is 6. The van der Waals surface area contributed by atoms with Gasteiger partial charge in [-0.05, 0) is 45.9 Å². The van der Waals surface area contributed by atoms with Crippen molar-refractivity contribution in [2.45, 2.75) is 47.0 Å². The second-order valence-electron chi connectivity index (χ2n) is 7.89. The third-order valence-corrected chi connectivity index (χ3v) is 4.28. The third-order valence-electron chi connectivity index (χ3n) is 4.28. The second-order valence-corrected chi connectivity index (χ2v) is 7.89. The summed E-state index contributed by atoms with van der Waals surface area (Å²) in [7, 11) is 0. The smallest absolute Gasteiger partial charge is 0.303 e. The highest BCUT2D eigenvalue weighted by molar-refractivity contribution is 5.69. The monoisotopic (exact) mass is 374 g/mol. The number of aliphatic carboxylic acids is 1. The fourth-order valence-corrected chi connectivity index (χ4v) is 3.18. The number of nitrogens with zero attached hydrogens (tertiary/aromatic N) is 5. The van der Waals surface area contributed by atoms with Crippen LogP contribution in [0.25, 0.3) is 5.69 Å². The maximum atomic E-state index is 11.1. The molecule has 1 atom stereocenters. The van der Waals surface area contributed by atoms with Gasteiger partial charge in [0.15, 0.2) is 0 Å². The van der Waals surface area contributed by atoms with E-state index in [0.29, 0.717) is 11.8 Å². The molecule has 0 bridgehead atoms. The molecule has 1 aromatic carbocycles. The Morgan fingerprint density at radius 3 is 2.30 bits per heavy atom. The Kier molecular flexibility index (Phi) is 6.76. The molecule has 0 fully saturated rings. The van der Waals surface area contributed by atoms with E-state index in [4.69, 9.17) is 10.8 Å². The summed E-state index contributed by atoms with van der Waals surface area (Å²) >= 11 is 0. The summed E-state index contributed by atoms with van der Waals surface area (Å²) in [5.41, 5.74) is 8.64. The van der Waals surface area contributed by atoms with Crippen LogP contribution >= 0.6 is 0 Å². The van der Waals surface area contributed by atoms with E-state index in [1.165, 1.54) is 4.68 Å². The zero-order valence-corrected chi connectivity index (χ0v) is 16.8. The molecule has 0 aliphatic rings. The quantitative estimate of drug-likeness (QED) is 0.694. The lowest BCUT2D eigenvalue weighted by atomic mass is 9.96. The molecule has 0 radical (unpaired) electrons. The van der Waals surface area contributed by atoms with E-state index in [0.717, 1.165) is 30.0 Å². The number of anilines is 2. The molecule has 8 heteroatoms. The highest BCUT2D eigenvalue weighted by atomic mass is 16.4. The van der Waals surface area contributed by atoms with Crippen LogP contribution in [0.15, 0.2) is 18.2 Å². The number of nitrogens with two attached hydrogens (primary N) is 1. The number of tetrazole rings is 1. The number of carboxylic acids is 1. The molecule has 0 aliphatic carbocycles. The van der Waals surface area contributed by atoms with E-state index >= 15 is 0 Å². The van der Waals surface area contributed by atoms with Crippen LogP contribution in [0, 0.1) is 11.8 Å². The first-order valence-electron chi connectivity index (χ1n) is 9.34. The standard InChI is InChI=1S/C19H30N6O2/c1-12(2)10-24(11-13(3)4)16-7-6-15(14(5)8-18(26)27)9-17(16)25-19(20)21-22-23-25/h6-7,9,12-14H,8,10-11H2,1-5H3,(H,26,27)(H2,20,21,23). The SMILES string of the molecule is CC(C)CN(CC(C)C)c1ccc(C(C)CC(=O)O)cc1-n1nnnc1N. The largest absolute Gasteiger partial charge is 0.481 e. The molecule has 1 aromatic heterocycles. The minimum absolute atomic E-state index is 0.0611. The van der Waals surface area contributed by atoms with Gasteiger partial charge in [0.25, 0.3) is 0 Å². The van der Waals surface area contributed by atoms with Gasteiger partial charge in [-0.3, -0.25) is 4.79 Å². The van der Waals surface area contributed by atoms with E-state index in [9.17, 15) is 4.79 Å². The van der Waals surface area contributed by atoms with Gasteiger partial charge in [0, 0.05) is 13.1 Å². The molecule has 1 unspecified atom stereocenters. The Hall–Kier alpha value is -2.64. The van der Waals surface area contributed by atoms with E-state index in [2.05, 4.69) is 48.1 Å². The van der Waals surface area contributed by atoms with Crippen molar-refractivity contribution >= 4 is 17.6 Å². The van der Waals surface area contributed by atoms with E-state index in [1.54, 1.807) is 0 Å². The lowest BCUT2D eigenvalue weighted by molar-refractivity contribution is -0.137. The van der Waals surface area contributed by atoms with E-state index < -0.39 is 5.97 Å². The van der Waals surface area contributed by atoms with Crippen LogP contribution in [-0.4, -0.2) is 44.4 Å². The fourth-order valence-electron chi connectivity index (χ4n) is 3.18. The average molecular weight is 374 g/mol. The van der Waals surface area contributed by atoms with Crippen molar-refractivity contribution in [2.75, 3.05) is 23.7 Å². The number of hydrogen-bond donors (Lipinski definition) is 2. The Balaban J connectivity index is 2.55. The van der Waals surface area contributed by atoms with Gasteiger partial charge in [0.2, 0.25) is 5.95 Å². The number of aromatic nitrogens is 4. The van der Waals surface area contributed by atoms with E-state index in [-0.39, 0.29) is 18.3 Å². The van der Waals surface area contributed by atoms with Gasteiger partial charge in [-0.25, -0.2) is 0 Å². The number of nitrogen functional groups attached to an aromatic ring is 1. The summed E-state index contributed by atoms with van der Waals surface area (Å²) in [6, 6.07) is 5.96. The van der Waals surface area contributed by atoms with Gasteiger partial charge in [-0.1, -0.05) is 45.8 Å². The molecule has 8 nitrogen and oxygen atoms in total. The summed E-state index contributed by atoms with van der Waals surface area (Å²) < 4.78 is 1.51. The van der Waals surface area contributed by atoms with Crippen LogP contribution in [0.3, 0.4) is 0 Å².